The number of rotatable bonds is 6. The molecular weight excluding hydrogens is 389 g/mol. The zero-order valence-electron chi connectivity index (χ0n) is 17.6. The SMILES string of the molecule is CC(C)N(C(=O)Cn1c(C=Cc2ccc(F)cc2)nc2ccccc21)c1ccccc1. The van der Waals surface area contributed by atoms with Gasteiger partial charge in [-0.05, 0) is 61.9 Å². The number of imidazole rings is 1. The molecule has 0 radical (unpaired) electrons. The van der Waals surface area contributed by atoms with Gasteiger partial charge in [-0.15, -0.1) is 0 Å². The minimum absolute atomic E-state index is 0.0132. The third-order valence-electron chi connectivity index (χ3n) is 5.09. The summed E-state index contributed by atoms with van der Waals surface area (Å²) in [6.07, 6.45) is 3.74. The van der Waals surface area contributed by atoms with Crippen LogP contribution < -0.4 is 4.90 Å². The van der Waals surface area contributed by atoms with Crippen molar-refractivity contribution in [3.8, 4) is 0 Å². The Balaban J connectivity index is 1.69. The highest BCUT2D eigenvalue weighted by molar-refractivity contribution is 5.95. The number of nitrogens with zero attached hydrogens (tertiary/aromatic N) is 3. The van der Waals surface area contributed by atoms with Crippen molar-refractivity contribution in [2.24, 2.45) is 0 Å². The molecular formula is C26H24FN3O. The average molecular weight is 413 g/mol. The van der Waals surface area contributed by atoms with Gasteiger partial charge in [0.1, 0.15) is 18.2 Å². The van der Waals surface area contributed by atoms with Gasteiger partial charge in [0.05, 0.1) is 11.0 Å². The van der Waals surface area contributed by atoms with Gasteiger partial charge < -0.3 is 9.47 Å². The number of carbonyl (C=O) groups excluding carboxylic acids is 1. The van der Waals surface area contributed by atoms with Gasteiger partial charge in [0.25, 0.3) is 0 Å². The maximum Gasteiger partial charge on any atom is 0.247 e. The van der Waals surface area contributed by atoms with E-state index in [1.54, 1.807) is 12.1 Å². The lowest BCUT2D eigenvalue weighted by Crippen LogP contribution is -2.39. The molecule has 0 saturated heterocycles. The molecule has 5 heteroatoms. The first kappa shape index (κ1) is 20.5. The Morgan fingerprint density at radius 3 is 2.35 bits per heavy atom. The molecule has 31 heavy (non-hydrogen) atoms. The van der Waals surface area contributed by atoms with Crippen molar-refractivity contribution >= 4 is 34.8 Å². The molecule has 0 aliphatic carbocycles. The zero-order valence-corrected chi connectivity index (χ0v) is 17.6. The van der Waals surface area contributed by atoms with Crippen molar-refractivity contribution in [2.75, 3.05) is 4.90 Å². The van der Waals surface area contributed by atoms with E-state index in [1.165, 1.54) is 12.1 Å². The molecule has 4 nitrogen and oxygen atoms in total. The van der Waals surface area contributed by atoms with Crippen LogP contribution in [0.4, 0.5) is 10.1 Å². The van der Waals surface area contributed by atoms with Gasteiger partial charge in [0, 0.05) is 11.7 Å². The minimum atomic E-state index is -0.273. The molecule has 0 unspecified atom stereocenters. The van der Waals surface area contributed by atoms with E-state index in [9.17, 15) is 9.18 Å². The van der Waals surface area contributed by atoms with E-state index in [0.717, 1.165) is 22.3 Å². The predicted molar refractivity (Wildman–Crippen MR) is 124 cm³/mol. The van der Waals surface area contributed by atoms with Crippen LogP contribution in [-0.2, 0) is 11.3 Å². The van der Waals surface area contributed by atoms with E-state index < -0.39 is 0 Å². The second-order valence-electron chi connectivity index (χ2n) is 7.62. The third kappa shape index (κ3) is 4.56. The smallest absolute Gasteiger partial charge is 0.247 e. The van der Waals surface area contributed by atoms with Crippen LogP contribution in [0, 0.1) is 5.82 Å². The molecule has 0 N–H and O–H groups in total. The number of carbonyl (C=O) groups is 1. The maximum atomic E-state index is 13.4. The predicted octanol–water partition coefficient (Wildman–Crippen LogP) is 5.79. The van der Waals surface area contributed by atoms with E-state index in [0.29, 0.717) is 5.82 Å². The summed E-state index contributed by atoms with van der Waals surface area (Å²) in [5.74, 6) is 0.390. The van der Waals surface area contributed by atoms with Crippen molar-refractivity contribution in [3.05, 3.63) is 96.1 Å². The molecule has 156 valence electrons. The Morgan fingerprint density at radius 2 is 1.65 bits per heavy atom. The quantitative estimate of drug-likeness (QED) is 0.401. The number of halogens is 1. The summed E-state index contributed by atoms with van der Waals surface area (Å²) >= 11 is 0. The molecule has 0 aliphatic heterocycles. The molecule has 4 aromatic rings. The lowest BCUT2D eigenvalue weighted by molar-refractivity contribution is -0.119. The summed E-state index contributed by atoms with van der Waals surface area (Å²) in [5.41, 5.74) is 3.45. The molecule has 3 aromatic carbocycles. The van der Waals surface area contributed by atoms with Crippen LogP contribution >= 0.6 is 0 Å². The summed E-state index contributed by atoms with van der Waals surface area (Å²) in [6.45, 7) is 4.18. The van der Waals surface area contributed by atoms with E-state index in [4.69, 9.17) is 4.98 Å². The van der Waals surface area contributed by atoms with Gasteiger partial charge in [-0.3, -0.25) is 4.79 Å². The number of benzene rings is 3. The fourth-order valence-electron chi connectivity index (χ4n) is 3.66. The highest BCUT2D eigenvalue weighted by atomic mass is 19.1. The second-order valence-corrected chi connectivity index (χ2v) is 7.62. The van der Waals surface area contributed by atoms with E-state index >= 15 is 0 Å². The number of fused-ring (bicyclic) bond motifs is 1. The number of amides is 1. The van der Waals surface area contributed by atoms with Gasteiger partial charge in [0.2, 0.25) is 5.91 Å². The van der Waals surface area contributed by atoms with Crippen LogP contribution in [0.3, 0.4) is 0 Å². The topological polar surface area (TPSA) is 38.1 Å². The van der Waals surface area contributed by atoms with Crippen LogP contribution in [-0.4, -0.2) is 21.5 Å². The highest BCUT2D eigenvalue weighted by Crippen LogP contribution is 2.21. The Hall–Kier alpha value is -3.73. The summed E-state index contributed by atoms with van der Waals surface area (Å²) in [4.78, 5) is 19.9. The van der Waals surface area contributed by atoms with Crippen molar-refractivity contribution in [3.63, 3.8) is 0 Å². The monoisotopic (exact) mass is 413 g/mol. The minimum Gasteiger partial charge on any atom is -0.315 e. The summed E-state index contributed by atoms with van der Waals surface area (Å²) in [5, 5.41) is 0. The molecule has 4 rings (SSSR count). The standard InChI is InChI=1S/C26H24FN3O/c1-19(2)30(22-8-4-3-5-9-22)26(31)18-29-24-11-7-6-10-23(24)28-25(29)17-14-20-12-15-21(27)16-13-20/h3-17,19H,18H2,1-2H3. The Kier molecular flexibility index (Phi) is 5.94. The molecule has 0 bridgehead atoms. The molecule has 0 atom stereocenters. The Morgan fingerprint density at radius 1 is 0.968 bits per heavy atom. The van der Waals surface area contributed by atoms with Crippen molar-refractivity contribution in [1.29, 1.82) is 0 Å². The molecule has 0 aliphatic rings. The molecule has 1 aromatic heterocycles. The summed E-state index contributed by atoms with van der Waals surface area (Å²) in [7, 11) is 0. The van der Waals surface area contributed by atoms with E-state index in [2.05, 4.69) is 0 Å². The van der Waals surface area contributed by atoms with E-state index in [1.807, 2.05) is 90.1 Å². The van der Waals surface area contributed by atoms with Crippen LogP contribution in [0.15, 0.2) is 78.9 Å². The largest absolute Gasteiger partial charge is 0.315 e. The van der Waals surface area contributed by atoms with Gasteiger partial charge in [-0.25, -0.2) is 9.37 Å². The molecule has 0 spiro atoms. The lowest BCUT2D eigenvalue weighted by Gasteiger charge is -2.27. The van der Waals surface area contributed by atoms with Crippen molar-refractivity contribution in [2.45, 2.75) is 26.4 Å². The van der Waals surface area contributed by atoms with Crippen LogP contribution in [0.2, 0.25) is 0 Å². The number of hydrogen-bond donors (Lipinski definition) is 0. The van der Waals surface area contributed by atoms with Crippen molar-refractivity contribution < 1.29 is 9.18 Å². The lowest BCUT2D eigenvalue weighted by atomic mass is 10.2. The summed E-state index contributed by atoms with van der Waals surface area (Å²) < 4.78 is 15.1. The number of hydrogen-bond acceptors (Lipinski definition) is 2. The van der Waals surface area contributed by atoms with Crippen LogP contribution in [0.25, 0.3) is 23.2 Å². The third-order valence-corrected chi connectivity index (χ3v) is 5.09. The summed E-state index contributed by atoms with van der Waals surface area (Å²) in [6, 6.07) is 23.7. The van der Waals surface area contributed by atoms with Gasteiger partial charge in [0.15, 0.2) is 0 Å². The van der Waals surface area contributed by atoms with Gasteiger partial charge >= 0.3 is 0 Å². The van der Waals surface area contributed by atoms with Crippen molar-refractivity contribution in [1.82, 2.24) is 9.55 Å². The Bertz CT molecular complexity index is 1210. The highest BCUT2D eigenvalue weighted by Gasteiger charge is 2.21. The first-order valence-corrected chi connectivity index (χ1v) is 10.3. The fraction of sp³-hybridized carbons (Fsp3) is 0.154. The van der Waals surface area contributed by atoms with Gasteiger partial charge in [-0.2, -0.15) is 0 Å². The van der Waals surface area contributed by atoms with E-state index in [-0.39, 0.29) is 24.3 Å². The average Bonchev–Trinajstić information content (AvgIpc) is 3.11. The first-order chi connectivity index (χ1) is 15.0. The number of anilines is 1. The molecule has 1 heterocycles. The fourth-order valence-corrected chi connectivity index (χ4v) is 3.66. The molecule has 0 saturated carbocycles. The number of aromatic nitrogens is 2. The normalized spacial score (nSPS) is 11.5. The van der Waals surface area contributed by atoms with Crippen LogP contribution in [0.5, 0.6) is 0 Å². The van der Waals surface area contributed by atoms with Gasteiger partial charge in [-0.1, -0.05) is 48.5 Å². The Labute approximate surface area is 181 Å². The van der Waals surface area contributed by atoms with Crippen LogP contribution in [0.1, 0.15) is 25.2 Å². The second kappa shape index (κ2) is 8.96. The number of para-hydroxylation sites is 3. The molecule has 1 amide bonds. The maximum absolute atomic E-state index is 13.4. The first-order valence-electron chi connectivity index (χ1n) is 10.3. The molecule has 0 fully saturated rings. The zero-order chi connectivity index (χ0) is 21.8.